The molecule has 0 N–H and O–H groups in total. The fraction of sp³-hybridized carbons (Fsp3) is 0.409. The molecule has 1 unspecified atom stereocenters. The van der Waals surface area contributed by atoms with Gasteiger partial charge >= 0.3 is 6.03 Å². The van der Waals surface area contributed by atoms with Gasteiger partial charge in [0.15, 0.2) is 0 Å². The third-order valence-corrected chi connectivity index (χ3v) is 6.26. The number of rotatable bonds is 5. The highest BCUT2D eigenvalue weighted by atomic mass is 32.2. The summed E-state index contributed by atoms with van der Waals surface area (Å²) in [6.07, 6.45) is 1.92. The van der Waals surface area contributed by atoms with Crippen LogP contribution >= 0.6 is 11.8 Å². The lowest BCUT2D eigenvalue weighted by Crippen LogP contribution is -2.42. The molecule has 1 heterocycles. The summed E-state index contributed by atoms with van der Waals surface area (Å²) in [7, 11) is 6.04. The van der Waals surface area contributed by atoms with Crippen LogP contribution < -0.4 is 4.90 Å². The Morgan fingerprint density at radius 2 is 1.74 bits per heavy atom. The number of carbonyl (C=O) groups excluding carboxylic acids is 1. The van der Waals surface area contributed by atoms with E-state index in [-0.39, 0.29) is 6.03 Å². The van der Waals surface area contributed by atoms with Gasteiger partial charge in [-0.15, -0.1) is 11.8 Å². The molecule has 0 radical (unpaired) electrons. The van der Waals surface area contributed by atoms with Gasteiger partial charge in [0.25, 0.3) is 0 Å². The number of carbonyl (C=O) groups is 1. The standard InChI is InChI=1S/C22H29N3OS/c1-23(2)15-9-16-24(3)22(26)25-17-14-20(18-10-5-4-6-11-18)27-21-13-8-7-12-19(21)25/h4-8,10-13,20H,9,14-17H2,1-3H3. The Hall–Kier alpha value is -1.98. The van der Waals surface area contributed by atoms with Crippen molar-refractivity contribution in [1.29, 1.82) is 0 Å². The van der Waals surface area contributed by atoms with Crippen LogP contribution in [-0.2, 0) is 0 Å². The van der Waals surface area contributed by atoms with E-state index in [2.05, 4.69) is 67.5 Å². The predicted molar refractivity (Wildman–Crippen MR) is 115 cm³/mol. The van der Waals surface area contributed by atoms with Crippen LogP contribution in [-0.4, -0.2) is 56.6 Å². The van der Waals surface area contributed by atoms with E-state index in [1.165, 1.54) is 10.5 Å². The molecular weight excluding hydrogens is 354 g/mol. The van der Waals surface area contributed by atoms with E-state index in [9.17, 15) is 4.79 Å². The Kier molecular flexibility index (Phi) is 6.80. The average molecular weight is 384 g/mol. The molecule has 2 aromatic carbocycles. The van der Waals surface area contributed by atoms with Crippen molar-refractivity contribution in [1.82, 2.24) is 9.80 Å². The summed E-state index contributed by atoms with van der Waals surface area (Å²) in [6.45, 7) is 2.49. The van der Waals surface area contributed by atoms with Gasteiger partial charge in [-0.25, -0.2) is 4.79 Å². The number of anilines is 1. The number of hydrogen-bond acceptors (Lipinski definition) is 3. The summed E-state index contributed by atoms with van der Waals surface area (Å²) in [4.78, 5) is 20.3. The van der Waals surface area contributed by atoms with Crippen molar-refractivity contribution < 1.29 is 4.79 Å². The third-order valence-electron chi connectivity index (χ3n) is 4.87. The van der Waals surface area contributed by atoms with Gasteiger partial charge < -0.3 is 9.80 Å². The van der Waals surface area contributed by atoms with Gasteiger partial charge in [0.2, 0.25) is 0 Å². The molecule has 2 amide bonds. The Morgan fingerprint density at radius 3 is 2.48 bits per heavy atom. The molecule has 0 aromatic heterocycles. The molecule has 27 heavy (non-hydrogen) atoms. The molecule has 0 saturated carbocycles. The number of nitrogens with zero attached hydrogens (tertiary/aromatic N) is 3. The minimum Gasteiger partial charge on any atom is -0.327 e. The summed E-state index contributed by atoms with van der Waals surface area (Å²) in [5.74, 6) is 0. The van der Waals surface area contributed by atoms with Crippen LogP contribution in [0.5, 0.6) is 0 Å². The monoisotopic (exact) mass is 383 g/mol. The lowest BCUT2D eigenvalue weighted by molar-refractivity contribution is 0.212. The lowest BCUT2D eigenvalue weighted by Gasteiger charge is -2.28. The van der Waals surface area contributed by atoms with Crippen molar-refractivity contribution in [2.45, 2.75) is 23.0 Å². The van der Waals surface area contributed by atoms with Gasteiger partial charge in [0.05, 0.1) is 5.69 Å². The highest BCUT2D eigenvalue weighted by Crippen LogP contribution is 2.45. The molecule has 0 fully saturated rings. The summed E-state index contributed by atoms with van der Waals surface area (Å²) in [5, 5.41) is 0.365. The maximum absolute atomic E-state index is 13.2. The second-order valence-electron chi connectivity index (χ2n) is 7.29. The number of para-hydroxylation sites is 1. The largest absolute Gasteiger partial charge is 0.327 e. The van der Waals surface area contributed by atoms with Crippen LogP contribution in [0.2, 0.25) is 0 Å². The molecule has 1 aliphatic heterocycles. The first kappa shape index (κ1) is 19.8. The molecule has 0 aliphatic carbocycles. The molecule has 0 spiro atoms. The fourth-order valence-corrected chi connectivity index (χ4v) is 4.66. The molecule has 4 nitrogen and oxygen atoms in total. The minimum atomic E-state index is 0.0931. The number of benzene rings is 2. The summed E-state index contributed by atoms with van der Waals surface area (Å²) >= 11 is 1.87. The SMILES string of the molecule is CN(C)CCCN(C)C(=O)N1CCC(c2ccccc2)Sc2ccccc21. The van der Waals surface area contributed by atoms with Crippen LogP contribution in [0.1, 0.15) is 23.7 Å². The van der Waals surface area contributed by atoms with Crippen molar-refractivity contribution >= 4 is 23.5 Å². The van der Waals surface area contributed by atoms with Crippen molar-refractivity contribution in [2.75, 3.05) is 45.7 Å². The maximum Gasteiger partial charge on any atom is 0.324 e. The van der Waals surface area contributed by atoms with E-state index < -0.39 is 0 Å². The third kappa shape index (κ3) is 5.05. The Bertz CT molecular complexity index is 750. The first-order valence-electron chi connectivity index (χ1n) is 9.54. The normalized spacial score (nSPS) is 16.7. The average Bonchev–Trinajstić information content (AvgIpc) is 2.87. The number of amides is 2. The van der Waals surface area contributed by atoms with Gasteiger partial charge in [0.1, 0.15) is 0 Å². The summed E-state index contributed by atoms with van der Waals surface area (Å²) in [5.41, 5.74) is 2.36. The zero-order chi connectivity index (χ0) is 19.2. The van der Waals surface area contributed by atoms with Crippen LogP contribution in [0, 0.1) is 0 Å². The number of thioether (sulfide) groups is 1. The van der Waals surface area contributed by atoms with Gasteiger partial charge in [0, 0.05) is 30.3 Å². The van der Waals surface area contributed by atoms with Crippen molar-refractivity contribution in [3.05, 3.63) is 60.2 Å². The van der Waals surface area contributed by atoms with E-state index in [1.807, 2.05) is 34.7 Å². The topological polar surface area (TPSA) is 26.8 Å². The fourth-order valence-electron chi connectivity index (χ4n) is 3.39. The molecule has 3 rings (SSSR count). The van der Waals surface area contributed by atoms with Crippen molar-refractivity contribution in [3.8, 4) is 0 Å². The summed E-state index contributed by atoms with van der Waals surface area (Å²) in [6, 6.07) is 19.0. The van der Waals surface area contributed by atoms with Crippen molar-refractivity contribution in [2.24, 2.45) is 0 Å². The van der Waals surface area contributed by atoms with Crippen LogP contribution in [0.15, 0.2) is 59.5 Å². The molecule has 1 atom stereocenters. The highest BCUT2D eigenvalue weighted by molar-refractivity contribution is 7.99. The zero-order valence-corrected chi connectivity index (χ0v) is 17.3. The second kappa shape index (κ2) is 9.29. The quantitative estimate of drug-likeness (QED) is 0.746. The Morgan fingerprint density at radius 1 is 1.04 bits per heavy atom. The molecule has 1 aliphatic rings. The van der Waals surface area contributed by atoms with Crippen LogP contribution in [0.4, 0.5) is 10.5 Å². The van der Waals surface area contributed by atoms with E-state index in [4.69, 9.17) is 0 Å². The highest BCUT2D eigenvalue weighted by Gasteiger charge is 2.28. The molecule has 2 aromatic rings. The number of fused-ring (bicyclic) bond motifs is 1. The van der Waals surface area contributed by atoms with E-state index in [0.717, 1.165) is 38.2 Å². The van der Waals surface area contributed by atoms with Crippen LogP contribution in [0.25, 0.3) is 0 Å². The smallest absolute Gasteiger partial charge is 0.324 e. The van der Waals surface area contributed by atoms with E-state index >= 15 is 0 Å². The van der Waals surface area contributed by atoms with Crippen LogP contribution in [0.3, 0.4) is 0 Å². The maximum atomic E-state index is 13.2. The Labute approximate surface area is 167 Å². The van der Waals surface area contributed by atoms with Gasteiger partial charge in [-0.05, 0) is 51.2 Å². The molecule has 144 valence electrons. The van der Waals surface area contributed by atoms with E-state index in [1.54, 1.807) is 0 Å². The number of urea groups is 1. The summed E-state index contributed by atoms with van der Waals surface area (Å²) < 4.78 is 0. The molecule has 0 saturated heterocycles. The first-order valence-corrected chi connectivity index (χ1v) is 10.4. The van der Waals surface area contributed by atoms with E-state index in [0.29, 0.717) is 5.25 Å². The molecule has 5 heteroatoms. The van der Waals surface area contributed by atoms with Gasteiger partial charge in [-0.1, -0.05) is 42.5 Å². The zero-order valence-electron chi connectivity index (χ0n) is 16.5. The lowest BCUT2D eigenvalue weighted by atomic mass is 10.1. The molecule has 0 bridgehead atoms. The van der Waals surface area contributed by atoms with Gasteiger partial charge in [-0.3, -0.25) is 4.90 Å². The molecular formula is C22H29N3OS. The Balaban J connectivity index is 1.77. The minimum absolute atomic E-state index is 0.0931. The second-order valence-corrected chi connectivity index (χ2v) is 8.53. The van der Waals surface area contributed by atoms with Crippen molar-refractivity contribution in [3.63, 3.8) is 0 Å². The van der Waals surface area contributed by atoms with Gasteiger partial charge in [-0.2, -0.15) is 0 Å². The number of hydrogen-bond donors (Lipinski definition) is 0. The first-order chi connectivity index (χ1) is 13.1. The predicted octanol–water partition coefficient (Wildman–Crippen LogP) is 4.73.